The van der Waals surface area contributed by atoms with Crippen molar-refractivity contribution < 1.29 is 14.3 Å². The molecule has 8 nitrogen and oxygen atoms in total. The molecular formula is C24H29N5O3. The molecule has 1 aromatic heterocycles. The lowest BCUT2D eigenvalue weighted by Gasteiger charge is -2.13. The molecule has 1 amide bonds. The van der Waals surface area contributed by atoms with Gasteiger partial charge < -0.3 is 14.8 Å². The minimum absolute atomic E-state index is 0.273. The summed E-state index contributed by atoms with van der Waals surface area (Å²) < 4.78 is 12.3. The summed E-state index contributed by atoms with van der Waals surface area (Å²) in [5, 5.41) is 10.6. The number of ether oxygens (including phenoxy) is 2. The number of aromatic nitrogens is 2. The van der Waals surface area contributed by atoms with Crippen molar-refractivity contribution in [3.05, 3.63) is 71.0 Å². The first-order valence-electron chi connectivity index (χ1n) is 10.4. The average molecular weight is 436 g/mol. The van der Waals surface area contributed by atoms with Crippen LogP contribution in [0.15, 0.2) is 53.5 Å². The third-order valence-electron chi connectivity index (χ3n) is 5.16. The molecule has 0 unspecified atom stereocenters. The average Bonchev–Trinajstić information content (AvgIpc) is 3.10. The fourth-order valence-corrected chi connectivity index (χ4v) is 3.27. The molecule has 1 heterocycles. The van der Waals surface area contributed by atoms with Gasteiger partial charge in [-0.05, 0) is 69.3 Å². The summed E-state index contributed by atoms with van der Waals surface area (Å²) >= 11 is 0. The minimum Gasteiger partial charge on any atom is -0.497 e. The van der Waals surface area contributed by atoms with Gasteiger partial charge in [-0.2, -0.15) is 5.10 Å². The number of hydrogen-bond acceptors (Lipinski definition) is 5. The number of carbonyl (C=O) groups is 1. The predicted molar refractivity (Wildman–Crippen MR) is 126 cm³/mol. The van der Waals surface area contributed by atoms with Gasteiger partial charge in [0.2, 0.25) is 5.96 Å². The maximum atomic E-state index is 12.8. The van der Waals surface area contributed by atoms with E-state index >= 15 is 0 Å². The Balaban J connectivity index is 1.84. The van der Waals surface area contributed by atoms with Crippen molar-refractivity contribution in [3.63, 3.8) is 0 Å². The smallest absolute Gasteiger partial charge is 0.257 e. The Bertz CT molecular complexity index is 1090. The van der Waals surface area contributed by atoms with Gasteiger partial charge in [-0.3, -0.25) is 14.8 Å². The molecule has 0 saturated carbocycles. The fraction of sp³-hybridized carbons (Fsp3) is 0.292. The molecule has 3 rings (SSSR count). The predicted octanol–water partition coefficient (Wildman–Crippen LogP) is 3.94. The fourth-order valence-electron chi connectivity index (χ4n) is 3.27. The molecule has 2 N–H and O–H groups in total. The largest absolute Gasteiger partial charge is 0.497 e. The van der Waals surface area contributed by atoms with Crippen LogP contribution in [0.4, 0.5) is 5.69 Å². The number of amides is 1. The quantitative estimate of drug-likeness (QED) is 0.433. The van der Waals surface area contributed by atoms with Crippen molar-refractivity contribution in [1.82, 2.24) is 15.1 Å². The second-order valence-electron chi connectivity index (χ2n) is 7.17. The molecule has 0 aliphatic carbocycles. The number of anilines is 1. The Morgan fingerprint density at radius 2 is 1.59 bits per heavy atom. The molecular weight excluding hydrogens is 406 g/mol. The molecule has 0 radical (unpaired) electrons. The van der Waals surface area contributed by atoms with Crippen LogP contribution in [-0.2, 0) is 13.1 Å². The first-order valence-corrected chi connectivity index (χ1v) is 10.4. The maximum Gasteiger partial charge on any atom is 0.257 e. The molecule has 8 heteroatoms. The highest BCUT2D eigenvalue weighted by molar-refractivity contribution is 6.10. The van der Waals surface area contributed by atoms with Crippen molar-refractivity contribution in [2.75, 3.05) is 19.5 Å². The van der Waals surface area contributed by atoms with E-state index < -0.39 is 0 Å². The highest BCUT2D eigenvalue weighted by atomic mass is 16.5. The lowest BCUT2D eigenvalue weighted by Crippen LogP contribution is -2.36. The van der Waals surface area contributed by atoms with E-state index in [1.165, 1.54) is 0 Å². The zero-order valence-corrected chi connectivity index (χ0v) is 19.1. The summed E-state index contributed by atoms with van der Waals surface area (Å²) in [5.74, 6) is 1.50. The van der Waals surface area contributed by atoms with Crippen LogP contribution in [0, 0.1) is 13.8 Å². The third kappa shape index (κ3) is 5.46. The highest BCUT2D eigenvalue weighted by Crippen LogP contribution is 2.17. The highest BCUT2D eigenvalue weighted by Gasteiger charge is 2.13. The minimum atomic E-state index is -0.273. The number of carbonyl (C=O) groups excluding carboxylic acids is 1. The number of nitrogens with zero attached hydrogens (tertiary/aromatic N) is 3. The number of benzene rings is 2. The molecule has 3 aromatic rings. The Morgan fingerprint density at radius 1 is 1.00 bits per heavy atom. The SMILES string of the molecule is CCn1nc(C)c(CN=C(NC(=O)c2ccc(OC)cc2)Nc2ccc(OC)cc2)c1C. The number of rotatable bonds is 7. The van der Waals surface area contributed by atoms with Crippen molar-refractivity contribution >= 4 is 17.6 Å². The van der Waals surface area contributed by atoms with Gasteiger partial charge in [-0.25, -0.2) is 4.99 Å². The summed E-state index contributed by atoms with van der Waals surface area (Å²) in [4.78, 5) is 17.5. The number of nitrogens with one attached hydrogen (secondary N) is 2. The summed E-state index contributed by atoms with van der Waals surface area (Å²) in [7, 11) is 3.20. The first-order chi connectivity index (χ1) is 15.4. The Morgan fingerprint density at radius 3 is 2.12 bits per heavy atom. The maximum absolute atomic E-state index is 12.8. The molecule has 2 aromatic carbocycles. The third-order valence-corrected chi connectivity index (χ3v) is 5.16. The van der Waals surface area contributed by atoms with Crippen LogP contribution < -0.4 is 20.1 Å². The molecule has 0 saturated heterocycles. The van der Waals surface area contributed by atoms with Crippen LogP contribution in [0.25, 0.3) is 0 Å². The van der Waals surface area contributed by atoms with Gasteiger partial charge in [0.1, 0.15) is 11.5 Å². The lowest BCUT2D eigenvalue weighted by molar-refractivity contribution is 0.0977. The van der Waals surface area contributed by atoms with Gasteiger partial charge >= 0.3 is 0 Å². The van der Waals surface area contributed by atoms with Gasteiger partial charge in [0, 0.05) is 29.1 Å². The lowest BCUT2D eigenvalue weighted by atomic mass is 10.2. The summed E-state index contributed by atoms with van der Waals surface area (Å²) in [6.07, 6.45) is 0. The summed E-state index contributed by atoms with van der Waals surface area (Å²) in [6, 6.07) is 14.3. The second kappa shape index (κ2) is 10.5. The van der Waals surface area contributed by atoms with Crippen molar-refractivity contribution in [3.8, 4) is 11.5 Å². The van der Waals surface area contributed by atoms with E-state index in [1.54, 1.807) is 38.5 Å². The van der Waals surface area contributed by atoms with Gasteiger partial charge in [-0.15, -0.1) is 0 Å². The number of hydrogen-bond donors (Lipinski definition) is 2. The normalized spacial score (nSPS) is 11.2. The van der Waals surface area contributed by atoms with Crippen LogP contribution in [0.5, 0.6) is 11.5 Å². The monoisotopic (exact) mass is 435 g/mol. The number of methoxy groups -OCH3 is 2. The molecule has 0 spiro atoms. The van der Waals surface area contributed by atoms with E-state index in [0.717, 1.165) is 34.9 Å². The second-order valence-corrected chi connectivity index (χ2v) is 7.17. The zero-order valence-electron chi connectivity index (χ0n) is 19.1. The molecule has 0 aliphatic heterocycles. The standard InChI is InChI=1S/C24H29N5O3/c1-6-29-17(3)22(16(2)28-29)15-25-24(26-19-9-13-21(32-5)14-10-19)27-23(30)18-7-11-20(31-4)12-8-18/h7-14H,6,15H2,1-5H3,(H2,25,26,27,30). The van der Waals surface area contributed by atoms with Crippen LogP contribution >= 0.6 is 0 Å². The van der Waals surface area contributed by atoms with Gasteiger partial charge in [0.05, 0.1) is 26.5 Å². The Kier molecular flexibility index (Phi) is 7.49. The van der Waals surface area contributed by atoms with E-state index in [2.05, 4.69) is 27.6 Å². The summed E-state index contributed by atoms with van der Waals surface area (Å²) in [5.41, 5.74) is 4.32. The van der Waals surface area contributed by atoms with Crippen LogP contribution in [0.3, 0.4) is 0 Å². The Labute approximate surface area is 188 Å². The van der Waals surface area contributed by atoms with E-state index in [4.69, 9.17) is 9.47 Å². The number of aliphatic imine (C=N–C) groups is 1. The van der Waals surface area contributed by atoms with Crippen LogP contribution in [0.1, 0.15) is 34.2 Å². The zero-order chi connectivity index (χ0) is 23.1. The number of aryl methyl sites for hydroxylation is 2. The summed E-state index contributed by atoms with van der Waals surface area (Å²) in [6.45, 7) is 7.23. The van der Waals surface area contributed by atoms with Crippen LogP contribution in [0.2, 0.25) is 0 Å². The van der Waals surface area contributed by atoms with E-state index in [-0.39, 0.29) is 5.91 Å². The van der Waals surface area contributed by atoms with Gasteiger partial charge in [0.15, 0.2) is 0 Å². The van der Waals surface area contributed by atoms with Crippen molar-refractivity contribution in [2.24, 2.45) is 4.99 Å². The first kappa shape index (κ1) is 22.9. The van der Waals surface area contributed by atoms with Gasteiger partial charge in [-0.1, -0.05) is 0 Å². The molecule has 0 atom stereocenters. The van der Waals surface area contributed by atoms with E-state index in [0.29, 0.717) is 23.8 Å². The molecule has 0 aliphatic rings. The molecule has 32 heavy (non-hydrogen) atoms. The molecule has 168 valence electrons. The topological polar surface area (TPSA) is 89.8 Å². The van der Waals surface area contributed by atoms with E-state index in [9.17, 15) is 4.79 Å². The molecule has 0 fully saturated rings. The Hall–Kier alpha value is -3.81. The number of guanidine groups is 1. The van der Waals surface area contributed by atoms with Crippen molar-refractivity contribution in [2.45, 2.75) is 33.9 Å². The van der Waals surface area contributed by atoms with Gasteiger partial charge in [0.25, 0.3) is 5.91 Å². The van der Waals surface area contributed by atoms with Crippen molar-refractivity contribution in [1.29, 1.82) is 0 Å². The van der Waals surface area contributed by atoms with Crippen LogP contribution in [-0.4, -0.2) is 35.9 Å². The van der Waals surface area contributed by atoms with E-state index in [1.807, 2.05) is 42.8 Å². The molecule has 0 bridgehead atoms.